The second kappa shape index (κ2) is 12.7. The molecule has 3 rings (SSSR count). The fourth-order valence-corrected chi connectivity index (χ4v) is 5.05. The lowest BCUT2D eigenvalue weighted by atomic mass is 9.79. The van der Waals surface area contributed by atoms with Crippen LogP contribution in [0.3, 0.4) is 0 Å². The summed E-state index contributed by atoms with van der Waals surface area (Å²) in [4.78, 5) is 27.2. The molecule has 0 spiro atoms. The van der Waals surface area contributed by atoms with E-state index in [1.54, 1.807) is 6.92 Å². The van der Waals surface area contributed by atoms with Crippen LogP contribution in [0.1, 0.15) is 69.1 Å². The molecule has 0 radical (unpaired) electrons. The molecule has 1 fully saturated rings. The van der Waals surface area contributed by atoms with Gasteiger partial charge < -0.3 is 14.8 Å². The molecule has 0 bridgehead atoms. The highest BCUT2D eigenvalue weighted by atomic mass is 16.3. The monoisotopic (exact) mass is 449 g/mol. The van der Waals surface area contributed by atoms with Crippen LogP contribution in [-0.4, -0.2) is 34.3 Å². The molecule has 178 valence electrons. The molecule has 0 aliphatic carbocycles. The maximum Gasteiger partial charge on any atom is 0.228 e. The number of Topliss-reactive ketones (excluding diaryl/α,β-unsaturated/α-hetero) is 1. The Kier molecular flexibility index (Phi) is 9.68. The SMILES string of the molecule is CCCCCc1cccc(C[C@H](CC(C)=O)[C@H](O)[C@@H]2CCCN(Cc3ccccc3)C2=O)c1. The summed E-state index contributed by atoms with van der Waals surface area (Å²) in [5.74, 6) is -0.624. The third-order valence-corrected chi connectivity index (χ3v) is 6.79. The average Bonchev–Trinajstić information content (AvgIpc) is 2.80. The first-order valence-corrected chi connectivity index (χ1v) is 12.6. The van der Waals surface area contributed by atoms with Crippen molar-refractivity contribution in [2.75, 3.05) is 6.54 Å². The lowest BCUT2D eigenvalue weighted by Crippen LogP contribution is -2.47. The second-order valence-corrected chi connectivity index (χ2v) is 9.63. The first-order valence-electron chi connectivity index (χ1n) is 12.6. The standard InChI is InChI=1S/C29H39NO3/c1-3-4-6-11-23-14-9-15-25(19-23)20-26(18-22(2)31)28(32)27-16-10-17-30(29(27)33)21-24-12-7-5-8-13-24/h5,7-9,12-15,19,26-28,32H,3-4,6,10-11,16-18,20-21H2,1-2H3/t26-,27-,28-/m0/s1. The summed E-state index contributed by atoms with van der Waals surface area (Å²) in [6, 6.07) is 18.5. The minimum absolute atomic E-state index is 0.0134. The van der Waals surface area contributed by atoms with E-state index in [4.69, 9.17) is 0 Å². The van der Waals surface area contributed by atoms with Gasteiger partial charge in [0.05, 0.1) is 12.0 Å². The van der Waals surface area contributed by atoms with Crippen LogP contribution >= 0.6 is 0 Å². The highest BCUT2D eigenvalue weighted by Crippen LogP contribution is 2.30. The molecular weight excluding hydrogens is 410 g/mol. The fraction of sp³-hybridized carbons (Fsp3) is 0.517. The summed E-state index contributed by atoms with van der Waals surface area (Å²) in [6.07, 6.45) is 6.29. The minimum Gasteiger partial charge on any atom is -0.392 e. The molecule has 2 aromatic rings. The van der Waals surface area contributed by atoms with Crippen LogP contribution in [0, 0.1) is 11.8 Å². The molecule has 1 aliphatic heterocycles. The van der Waals surface area contributed by atoms with Gasteiger partial charge in [0.1, 0.15) is 5.78 Å². The van der Waals surface area contributed by atoms with Crippen molar-refractivity contribution in [3.8, 4) is 0 Å². The quantitative estimate of drug-likeness (QED) is 0.444. The summed E-state index contributed by atoms with van der Waals surface area (Å²) < 4.78 is 0. The molecule has 2 aromatic carbocycles. The van der Waals surface area contributed by atoms with Crippen molar-refractivity contribution in [3.63, 3.8) is 0 Å². The maximum atomic E-state index is 13.3. The van der Waals surface area contributed by atoms with Crippen LogP contribution in [0.25, 0.3) is 0 Å². The van der Waals surface area contributed by atoms with Crippen molar-refractivity contribution < 1.29 is 14.7 Å². The van der Waals surface area contributed by atoms with E-state index in [1.165, 1.54) is 24.8 Å². The van der Waals surface area contributed by atoms with Crippen LogP contribution in [0.5, 0.6) is 0 Å². The predicted octanol–water partition coefficient (Wildman–Crippen LogP) is 5.36. The van der Waals surface area contributed by atoms with Gasteiger partial charge in [0.25, 0.3) is 0 Å². The van der Waals surface area contributed by atoms with Gasteiger partial charge in [-0.05, 0) is 61.6 Å². The molecule has 1 heterocycles. The van der Waals surface area contributed by atoms with E-state index in [-0.39, 0.29) is 17.6 Å². The van der Waals surface area contributed by atoms with Crippen LogP contribution < -0.4 is 0 Å². The van der Waals surface area contributed by atoms with Crippen LogP contribution in [0.2, 0.25) is 0 Å². The van der Waals surface area contributed by atoms with E-state index >= 15 is 0 Å². The van der Waals surface area contributed by atoms with E-state index in [2.05, 4.69) is 31.2 Å². The number of amides is 1. The largest absolute Gasteiger partial charge is 0.392 e. The minimum atomic E-state index is -0.816. The Morgan fingerprint density at radius 2 is 1.79 bits per heavy atom. The molecule has 1 amide bonds. The van der Waals surface area contributed by atoms with Crippen LogP contribution in [0.4, 0.5) is 0 Å². The van der Waals surface area contributed by atoms with Gasteiger partial charge in [0.2, 0.25) is 5.91 Å². The van der Waals surface area contributed by atoms with E-state index in [1.807, 2.05) is 35.2 Å². The van der Waals surface area contributed by atoms with Gasteiger partial charge in [-0.3, -0.25) is 4.79 Å². The zero-order valence-corrected chi connectivity index (χ0v) is 20.2. The number of aryl methyl sites for hydroxylation is 1. The van der Waals surface area contributed by atoms with Crippen LogP contribution in [0.15, 0.2) is 54.6 Å². The van der Waals surface area contributed by atoms with E-state index in [9.17, 15) is 14.7 Å². The number of hydrogen-bond donors (Lipinski definition) is 1. The first kappa shape index (κ1) is 25.2. The van der Waals surface area contributed by atoms with E-state index in [0.29, 0.717) is 32.4 Å². The molecule has 0 saturated carbocycles. The molecule has 1 saturated heterocycles. The number of rotatable bonds is 12. The average molecular weight is 450 g/mol. The van der Waals surface area contributed by atoms with Crippen molar-refractivity contribution >= 4 is 11.7 Å². The Balaban J connectivity index is 1.70. The van der Waals surface area contributed by atoms with Gasteiger partial charge in [-0.2, -0.15) is 0 Å². The smallest absolute Gasteiger partial charge is 0.228 e. The number of carbonyl (C=O) groups is 2. The third-order valence-electron chi connectivity index (χ3n) is 6.79. The number of benzene rings is 2. The lowest BCUT2D eigenvalue weighted by molar-refractivity contribution is -0.146. The van der Waals surface area contributed by atoms with Crippen molar-refractivity contribution in [1.82, 2.24) is 4.90 Å². The lowest BCUT2D eigenvalue weighted by Gasteiger charge is -2.37. The summed E-state index contributed by atoms with van der Waals surface area (Å²) in [5.41, 5.74) is 3.54. The molecular formula is C29H39NO3. The van der Waals surface area contributed by atoms with Crippen molar-refractivity contribution in [2.24, 2.45) is 11.8 Å². The highest BCUT2D eigenvalue weighted by Gasteiger charge is 2.38. The number of piperidine rings is 1. The summed E-state index contributed by atoms with van der Waals surface area (Å²) in [6.45, 7) is 5.07. The van der Waals surface area contributed by atoms with E-state index < -0.39 is 12.0 Å². The van der Waals surface area contributed by atoms with Crippen molar-refractivity contribution in [3.05, 3.63) is 71.3 Å². The van der Waals surface area contributed by atoms with Gasteiger partial charge in [0, 0.05) is 19.5 Å². The number of hydrogen-bond acceptors (Lipinski definition) is 3. The van der Waals surface area contributed by atoms with Gasteiger partial charge >= 0.3 is 0 Å². The number of carbonyl (C=O) groups excluding carboxylic acids is 2. The number of nitrogens with zero attached hydrogens (tertiary/aromatic N) is 1. The van der Waals surface area contributed by atoms with Gasteiger partial charge in [-0.25, -0.2) is 0 Å². The Morgan fingerprint density at radius 1 is 1.06 bits per heavy atom. The highest BCUT2D eigenvalue weighted by molar-refractivity contribution is 5.80. The molecule has 33 heavy (non-hydrogen) atoms. The molecule has 0 unspecified atom stereocenters. The molecule has 1 aliphatic rings. The molecule has 4 nitrogen and oxygen atoms in total. The van der Waals surface area contributed by atoms with Gasteiger partial charge in [-0.15, -0.1) is 0 Å². The van der Waals surface area contributed by atoms with E-state index in [0.717, 1.165) is 24.0 Å². The number of aliphatic hydroxyl groups is 1. The number of aliphatic hydroxyl groups excluding tert-OH is 1. The zero-order valence-electron chi connectivity index (χ0n) is 20.2. The van der Waals surface area contributed by atoms with Gasteiger partial charge in [0.15, 0.2) is 0 Å². The topological polar surface area (TPSA) is 57.6 Å². The summed E-state index contributed by atoms with van der Waals surface area (Å²) in [7, 11) is 0. The molecule has 4 heteroatoms. The molecule has 1 N–H and O–H groups in total. The molecule has 3 atom stereocenters. The Bertz CT molecular complexity index is 895. The second-order valence-electron chi connectivity index (χ2n) is 9.63. The molecule has 0 aromatic heterocycles. The third kappa shape index (κ3) is 7.53. The fourth-order valence-electron chi connectivity index (χ4n) is 5.05. The Hall–Kier alpha value is -2.46. The summed E-state index contributed by atoms with van der Waals surface area (Å²) >= 11 is 0. The van der Waals surface area contributed by atoms with Crippen molar-refractivity contribution in [2.45, 2.75) is 77.9 Å². The normalized spacial score (nSPS) is 18.2. The van der Waals surface area contributed by atoms with Crippen LogP contribution in [-0.2, 0) is 29.0 Å². The Labute approximate surface area is 199 Å². The van der Waals surface area contributed by atoms with Gasteiger partial charge in [-0.1, -0.05) is 74.4 Å². The maximum absolute atomic E-state index is 13.3. The first-order chi connectivity index (χ1) is 16.0. The predicted molar refractivity (Wildman–Crippen MR) is 133 cm³/mol. The Morgan fingerprint density at radius 3 is 2.52 bits per heavy atom. The summed E-state index contributed by atoms with van der Waals surface area (Å²) in [5, 5.41) is 11.3. The number of likely N-dealkylation sites (tertiary alicyclic amines) is 1. The zero-order chi connectivity index (χ0) is 23.6. The van der Waals surface area contributed by atoms with Crippen molar-refractivity contribution in [1.29, 1.82) is 0 Å². The number of ketones is 1. The number of unbranched alkanes of at least 4 members (excludes halogenated alkanes) is 2.